The summed E-state index contributed by atoms with van der Waals surface area (Å²) in [7, 11) is 4.57. The minimum absolute atomic E-state index is 0.165. The zero-order valence-electron chi connectivity index (χ0n) is 14.9. The molecule has 2 heterocycles. The lowest BCUT2D eigenvalue weighted by Crippen LogP contribution is -2.14. The number of rotatable bonds is 8. The number of H-pyrrole nitrogens is 1. The summed E-state index contributed by atoms with van der Waals surface area (Å²) >= 11 is 2.81. The van der Waals surface area contributed by atoms with Crippen molar-refractivity contribution < 1.29 is 19.0 Å². The van der Waals surface area contributed by atoms with Crippen LogP contribution in [0.25, 0.3) is 10.7 Å². The largest absolute Gasteiger partial charge is 0.493 e. The van der Waals surface area contributed by atoms with E-state index < -0.39 is 0 Å². The second-order valence-electron chi connectivity index (χ2n) is 5.19. The van der Waals surface area contributed by atoms with Gasteiger partial charge in [-0.15, -0.1) is 16.4 Å². The first kappa shape index (κ1) is 19.1. The Bertz CT molecular complexity index is 887. The van der Waals surface area contributed by atoms with Crippen LogP contribution in [0.1, 0.15) is 0 Å². The predicted octanol–water partition coefficient (Wildman–Crippen LogP) is 3.29. The van der Waals surface area contributed by atoms with Crippen molar-refractivity contribution in [3.63, 3.8) is 0 Å². The van der Waals surface area contributed by atoms with Gasteiger partial charge in [-0.25, -0.2) is 4.98 Å². The lowest BCUT2D eigenvalue weighted by atomic mass is 10.2. The molecule has 142 valence electrons. The van der Waals surface area contributed by atoms with E-state index in [0.717, 1.165) is 4.88 Å². The van der Waals surface area contributed by atoms with E-state index >= 15 is 0 Å². The molecule has 10 heteroatoms. The lowest BCUT2D eigenvalue weighted by molar-refractivity contribution is -0.113. The van der Waals surface area contributed by atoms with Crippen LogP contribution in [-0.2, 0) is 4.79 Å². The molecule has 0 saturated carbocycles. The normalized spacial score (nSPS) is 10.5. The molecule has 0 aliphatic heterocycles. The molecule has 27 heavy (non-hydrogen) atoms. The highest BCUT2D eigenvalue weighted by Gasteiger charge is 2.15. The number of thioether (sulfide) groups is 1. The third-order valence-corrected chi connectivity index (χ3v) is 5.22. The smallest absolute Gasteiger partial charge is 0.234 e. The third kappa shape index (κ3) is 4.52. The number of nitrogens with zero attached hydrogens (tertiary/aromatic N) is 2. The van der Waals surface area contributed by atoms with E-state index in [0.29, 0.717) is 33.9 Å². The predicted molar refractivity (Wildman–Crippen MR) is 105 cm³/mol. The first-order valence-electron chi connectivity index (χ1n) is 7.83. The van der Waals surface area contributed by atoms with Crippen molar-refractivity contribution in [2.75, 3.05) is 32.4 Å². The molecule has 0 spiro atoms. The van der Waals surface area contributed by atoms with Crippen molar-refractivity contribution in [3.8, 4) is 28.0 Å². The van der Waals surface area contributed by atoms with E-state index in [4.69, 9.17) is 14.2 Å². The molecule has 1 amide bonds. The van der Waals surface area contributed by atoms with Crippen molar-refractivity contribution in [2.45, 2.75) is 5.16 Å². The van der Waals surface area contributed by atoms with Gasteiger partial charge in [-0.1, -0.05) is 17.8 Å². The zero-order valence-corrected chi connectivity index (χ0v) is 16.6. The van der Waals surface area contributed by atoms with Gasteiger partial charge in [0.05, 0.1) is 32.0 Å². The summed E-state index contributed by atoms with van der Waals surface area (Å²) in [6, 6.07) is 7.24. The molecule has 0 unspecified atom stereocenters. The number of hydrogen-bond donors (Lipinski definition) is 2. The van der Waals surface area contributed by atoms with Crippen LogP contribution in [0.15, 0.2) is 34.8 Å². The number of benzene rings is 1. The van der Waals surface area contributed by atoms with E-state index in [2.05, 4.69) is 20.5 Å². The minimum Gasteiger partial charge on any atom is -0.493 e. The maximum Gasteiger partial charge on any atom is 0.234 e. The van der Waals surface area contributed by atoms with Crippen molar-refractivity contribution in [2.24, 2.45) is 0 Å². The highest BCUT2D eigenvalue weighted by atomic mass is 32.2. The maximum absolute atomic E-state index is 12.3. The molecule has 2 aromatic heterocycles. The quantitative estimate of drug-likeness (QED) is 0.554. The average molecular weight is 406 g/mol. The summed E-state index contributed by atoms with van der Waals surface area (Å²) < 4.78 is 15.8. The monoisotopic (exact) mass is 406 g/mol. The third-order valence-electron chi connectivity index (χ3n) is 3.50. The first-order chi connectivity index (χ1) is 13.1. The van der Waals surface area contributed by atoms with Gasteiger partial charge in [0.1, 0.15) is 0 Å². The Labute approximate surface area is 164 Å². The molecular formula is C17H18N4O4S2. The van der Waals surface area contributed by atoms with Crippen LogP contribution >= 0.6 is 23.1 Å². The summed E-state index contributed by atoms with van der Waals surface area (Å²) in [5.74, 6) is 2.06. The Morgan fingerprint density at radius 3 is 2.56 bits per heavy atom. The van der Waals surface area contributed by atoms with Crippen LogP contribution in [-0.4, -0.2) is 48.2 Å². The summed E-state index contributed by atoms with van der Waals surface area (Å²) in [6.07, 6.45) is 0. The van der Waals surface area contributed by atoms with Crippen molar-refractivity contribution in [3.05, 3.63) is 29.6 Å². The Morgan fingerprint density at radius 1 is 1.22 bits per heavy atom. The number of carbonyl (C=O) groups excluding carboxylic acids is 1. The molecule has 0 bridgehead atoms. The number of thiophene rings is 1. The van der Waals surface area contributed by atoms with Crippen LogP contribution < -0.4 is 19.5 Å². The topological polar surface area (TPSA) is 98.4 Å². The van der Waals surface area contributed by atoms with E-state index in [1.807, 2.05) is 17.5 Å². The fourth-order valence-electron chi connectivity index (χ4n) is 2.31. The highest BCUT2D eigenvalue weighted by molar-refractivity contribution is 7.99. The fourth-order valence-corrected chi connectivity index (χ4v) is 3.58. The summed E-state index contributed by atoms with van der Waals surface area (Å²) in [5.41, 5.74) is 0.546. The average Bonchev–Trinajstić information content (AvgIpc) is 3.37. The Balaban J connectivity index is 1.62. The first-order valence-corrected chi connectivity index (χ1v) is 9.70. The Morgan fingerprint density at radius 2 is 1.96 bits per heavy atom. The van der Waals surface area contributed by atoms with E-state index in [-0.39, 0.29) is 11.7 Å². The van der Waals surface area contributed by atoms with Gasteiger partial charge < -0.3 is 19.5 Å². The molecule has 0 radical (unpaired) electrons. The number of ether oxygens (including phenoxy) is 3. The van der Waals surface area contributed by atoms with Crippen molar-refractivity contribution >= 4 is 34.7 Å². The standard InChI is InChI=1S/C17H18N4O4S2/c1-23-11-7-10(8-12(24-2)15(11)25-3)18-14(22)9-27-17-19-16(20-21-17)13-5-4-6-26-13/h4-8H,9H2,1-3H3,(H,18,22)(H,19,20,21). The van der Waals surface area contributed by atoms with Crippen LogP contribution in [0.5, 0.6) is 17.2 Å². The molecule has 0 aliphatic rings. The molecule has 0 fully saturated rings. The number of anilines is 1. The molecule has 8 nitrogen and oxygen atoms in total. The van der Waals surface area contributed by atoms with Crippen LogP contribution in [0.4, 0.5) is 5.69 Å². The van der Waals surface area contributed by atoms with Crippen molar-refractivity contribution in [1.82, 2.24) is 15.2 Å². The molecule has 2 N–H and O–H groups in total. The van der Waals surface area contributed by atoms with Gasteiger partial charge in [0.2, 0.25) is 16.8 Å². The number of hydrogen-bond acceptors (Lipinski definition) is 8. The second-order valence-corrected chi connectivity index (χ2v) is 7.08. The van der Waals surface area contributed by atoms with Gasteiger partial charge in [0, 0.05) is 17.8 Å². The van der Waals surface area contributed by atoms with Gasteiger partial charge in [-0.3, -0.25) is 9.89 Å². The summed E-state index contributed by atoms with van der Waals surface area (Å²) in [4.78, 5) is 17.6. The highest BCUT2D eigenvalue weighted by Crippen LogP contribution is 2.40. The van der Waals surface area contributed by atoms with E-state index in [9.17, 15) is 4.79 Å². The number of aromatic amines is 1. The van der Waals surface area contributed by atoms with Gasteiger partial charge in [0.15, 0.2) is 17.3 Å². The summed E-state index contributed by atoms with van der Waals surface area (Å²) in [5, 5.41) is 12.3. The molecule has 0 saturated heterocycles. The number of aromatic nitrogens is 3. The molecule has 0 aliphatic carbocycles. The van der Waals surface area contributed by atoms with Crippen molar-refractivity contribution in [1.29, 1.82) is 0 Å². The second kappa shape index (κ2) is 8.78. The lowest BCUT2D eigenvalue weighted by Gasteiger charge is -2.14. The van der Waals surface area contributed by atoms with Gasteiger partial charge in [-0.05, 0) is 11.4 Å². The maximum atomic E-state index is 12.3. The van der Waals surface area contributed by atoms with Crippen LogP contribution in [0.3, 0.4) is 0 Å². The SMILES string of the molecule is COc1cc(NC(=O)CSc2n[nH]c(-c3cccs3)n2)cc(OC)c1OC. The summed E-state index contributed by atoms with van der Waals surface area (Å²) in [6.45, 7) is 0. The van der Waals surface area contributed by atoms with E-state index in [1.165, 1.54) is 33.1 Å². The number of nitrogens with one attached hydrogen (secondary N) is 2. The molecular weight excluding hydrogens is 388 g/mol. The van der Waals surface area contributed by atoms with Gasteiger partial charge in [0.25, 0.3) is 0 Å². The number of methoxy groups -OCH3 is 3. The minimum atomic E-state index is -0.197. The Hall–Kier alpha value is -2.72. The number of amides is 1. The van der Waals surface area contributed by atoms with Crippen LogP contribution in [0, 0.1) is 0 Å². The van der Waals surface area contributed by atoms with E-state index in [1.54, 1.807) is 23.5 Å². The molecule has 3 rings (SSSR count). The molecule has 3 aromatic rings. The molecule has 1 aromatic carbocycles. The zero-order chi connectivity index (χ0) is 19.2. The van der Waals surface area contributed by atoms with Gasteiger partial charge in [-0.2, -0.15) is 0 Å². The molecule has 0 atom stereocenters. The van der Waals surface area contributed by atoms with Gasteiger partial charge >= 0.3 is 0 Å². The fraction of sp³-hybridized carbons (Fsp3) is 0.235. The van der Waals surface area contributed by atoms with Crippen LogP contribution in [0.2, 0.25) is 0 Å². The Kier molecular flexibility index (Phi) is 6.20. The number of carbonyl (C=O) groups is 1.